The Kier molecular flexibility index (Phi) is 2.69. The molecule has 0 unspecified atom stereocenters. The molecule has 0 saturated heterocycles. The third kappa shape index (κ3) is 1.82. The summed E-state index contributed by atoms with van der Waals surface area (Å²) in [5, 5.41) is 4.37. The molecule has 1 aromatic heterocycles. The summed E-state index contributed by atoms with van der Waals surface area (Å²) in [5.74, 6) is 0.730. The van der Waals surface area contributed by atoms with E-state index in [2.05, 4.69) is 38.0 Å². The topological polar surface area (TPSA) is 43.8 Å². The predicted molar refractivity (Wildman–Crippen MR) is 72.0 cm³/mol. The van der Waals surface area contributed by atoms with Gasteiger partial charge >= 0.3 is 0 Å². The molecule has 3 heteroatoms. The highest BCUT2D eigenvalue weighted by molar-refractivity contribution is 5.79. The first-order valence-electron chi connectivity index (χ1n) is 5.79. The molecule has 90 valence electrons. The summed E-state index contributed by atoms with van der Waals surface area (Å²) in [6.45, 7) is 8.37. The number of benzene rings is 1. The van der Waals surface area contributed by atoms with E-state index >= 15 is 0 Å². The van der Waals surface area contributed by atoms with E-state index in [1.54, 1.807) is 4.68 Å². The number of anilines is 1. The van der Waals surface area contributed by atoms with E-state index in [0.717, 1.165) is 17.1 Å². The average molecular weight is 229 g/mol. The highest BCUT2D eigenvalue weighted by Gasteiger charge is 2.15. The molecule has 0 aliphatic heterocycles. The van der Waals surface area contributed by atoms with Gasteiger partial charge in [0.1, 0.15) is 5.82 Å². The standard InChI is InChI=1S/C14H19N3/c1-8-6-10(3)12(7-9(8)2)13-11(4)16-17(5)14(13)15/h6-7H,15H2,1-5H3. The van der Waals surface area contributed by atoms with Gasteiger partial charge in [0.2, 0.25) is 0 Å². The first-order valence-corrected chi connectivity index (χ1v) is 5.79. The van der Waals surface area contributed by atoms with Crippen LogP contribution in [-0.4, -0.2) is 9.78 Å². The summed E-state index contributed by atoms with van der Waals surface area (Å²) in [4.78, 5) is 0. The molecule has 2 aromatic rings. The van der Waals surface area contributed by atoms with E-state index in [1.807, 2.05) is 14.0 Å². The molecular formula is C14H19N3. The van der Waals surface area contributed by atoms with Crippen molar-refractivity contribution in [2.45, 2.75) is 27.7 Å². The second kappa shape index (κ2) is 3.91. The van der Waals surface area contributed by atoms with Crippen LogP contribution in [0.4, 0.5) is 5.82 Å². The lowest BCUT2D eigenvalue weighted by Gasteiger charge is -2.10. The summed E-state index contributed by atoms with van der Waals surface area (Å²) in [7, 11) is 1.88. The van der Waals surface area contributed by atoms with Crippen molar-refractivity contribution in [3.63, 3.8) is 0 Å². The summed E-state index contributed by atoms with van der Waals surface area (Å²) < 4.78 is 1.74. The highest BCUT2D eigenvalue weighted by atomic mass is 15.3. The first-order chi connectivity index (χ1) is 7.91. The van der Waals surface area contributed by atoms with Crippen molar-refractivity contribution in [1.82, 2.24) is 9.78 Å². The number of rotatable bonds is 1. The Labute approximate surface area is 102 Å². The van der Waals surface area contributed by atoms with Gasteiger partial charge in [-0.05, 0) is 49.9 Å². The van der Waals surface area contributed by atoms with E-state index in [1.165, 1.54) is 22.3 Å². The van der Waals surface area contributed by atoms with Gasteiger partial charge in [-0.15, -0.1) is 0 Å². The number of nitrogen functional groups attached to an aromatic ring is 1. The first kappa shape index (κ1) is 11.7. The number of aryl methyl sites for hydroxylation is 5. The van der Waals surface area contributed by atoms with Crippen LogP contribution < -0.4 is 5.73 Å². The van der Waals surface area contributed by atoms with Crippen LogP contribution in [0.2, 0.25) is 0 Å². The second-order valence-electron chi connectivity index (χ2n) is 4.72. The minimum atomic E-state index is 0.730. The molecular weight excluding hydrogens is 210 g/mol. The summed E-state index contributed by atoms with van der Waals surface area (Å²) in [6, 6.07) is 4.40. The molecule has 0 aliphatic carbocycles. The Balaban J connectivity index is 2.72. The van der Waals surface area contributed by atoms with E-state index in [-0.39, 0.29) is 0 Å². The fourth-order valence-corrected chi connectivity index (χ4v) is 2.24. The molecule has 0 bridgehead atoms. The van der Waals surface area contributed by atoms with Crippen molar-refractivity contribution < 1.29 is 0 Å². The van der Waals surface area contributed by atoms with E-state index in [0.29, 0.717) is 0 Å². The quantitative estimate of drug-likeness (QED) is 0.817. The van der Waals surface area contributed by atoms with Crippen LogP contribution in [0.3, 0.4) is 0 Å². The van der Waals surface area contributed by atoms with Crippen LogP contribution >= 0.6 is 0 Å². The number of hydrogen-bond donors (Lipinski definition) is 1. The fourth-order valence-electron chi connectivity index (χ4n) is 2.24. The number of nitrogens with zero attached hydrogens (tertiary/aromatic N) is 2. The van der Waals surface area contributed by atoms with Crippen molar-refractivity contribution >= 4 is 5.82 Å². The Bertz CT molecular complexity index is 580. The van der Waals surface area contributed by atoms with Gasteiger partial charge in [-0.1, -0.05) is 12.1 Å². The smallest absolute Gasteiger partial charge is 0.129 e. The van der Waals surface area contributed by atoms with Crippen molar-refractivity contribution in [3.8, 4) is 11.1 Å². The lowest BCUT2D eigenvalue weighted by atomic mass is 9.95. The molecule has 2 N–H and O–H groups in total. The van der Waals surface area contributed by atoms with Gasteiger partial charge in [-0.2, -0.15) is 5.10 Å². The molecule has 1 heterocycles. The average Bonchev–Trinajstić information content (AvgIpc) is 2.48. The van der Waals surface area contributed by atoms with E-state index in [4.69, 9.17) is 5.73 Å². The summed E-state index contributed by atoms with van der Waals surface area (Å²) >= 11 is 0. The molecule has 17 heavy (non-hydrogen) atoms. The zero-order valence-electron chi connectivity index (χ0n) is 11.1. The van der Waals surface area contributed by atoms with Gasteiger partial charge in [-0.3, -0.25) is 4.68 Å². The summed E-state index contributed by atoms with van der Waals surface area (Å²) in [5.41, 5.74) is 13.2. The fraction of sp³-hybridized carbons (Fsp3) is 0.357. The Morgan fingerprint density at radius 2 is 1.59 bits per heavy atom. The number of aromatic nitrogens is 2. The number of hydrogen-bond acceptors (Lipinski definition) is 2. The van der Waals surface area contributed by atoms with Gasteiger partial charge in [0, 0.05) is 12.6 Å². The molecule has 0 fully saturated rings. The molecule has 0 aliphatic rings. The SMILES string of the molecule is Cc1cc(C)c(-c2c(C)nn(C)c2N)cc1C. The van der Waals surface area contributed by atoms with Crippen molar-refractivity contribution in [2.75, 3.05) is 5.73 Å². The zero-order valence-corrected chi connectivity index (χ0v) is 11.1. The summed E-state index contributed by atoms with van der Waals surface area (Å²) in [6.07, 6.45) is 0. The van der Waals surface area contributed by atoms with Crippen molar-refractivity contribution in [2.24, 2.45) is 7.05 Å². The molecule has 1 aromatic carbocycles. The lowest BCUT2D eigenvalue weighted by molar-refractivity contribution is 0.767. The van der Waals surface area contributed by atoms with Crippen LogP contribution in [0.5, 0.6) is 0 Å². The third-order valence-corrected chi connectivity index (χ3v) is 3.38. The van der Waals surface area contributed by atoms with Crippen LogP contribution in [0.15, 0.2) is 12.1 Å². The third-order valence-electron chi connectivity index (χ3n) is 3.38. The Hall–Kier alpha value is -1.77. The Morgan fingerprint density at radius 1 is 1.00 bits per heavy atom. The molecule has 0 atom stereocenters. The largest absolute Gasteiger partial charge is 0.383 e. The molecule has 2 rings (SSSR count). The molecule has 0 spiro atoms. The molecule has 3 nitrogen and oxygen atoms in total. The van der Waals surface area contributed by atoms with Gasteiger partial charge in [0.05, 0.1) is 5.69 Å². The van der Waals surface area contributed by atoms with Gasteiger partial charge in [0.25, 0.3) is 0 Å². The number of nitrogens with two attached hydrogens (primary N) is 1. The van der Waals surface area contributed by atoms with E-state index in [9.17, 15) is 0 Å². The van der Waals surface area contributed by atoms with Crippen LogP contribution in [0.1, 0.15) is 22.4 Å². The normalized spacial score (nSPS) is 10.9. The minimum absolute atomic E-state index is 0.730. The molecule has 0 amide bonds. The second-order valence-corrected chi connectivity index (χ2v) is 4.72. The minimum Gasteiger partial charge on any atom is -0.383 e. The maximum absolute atomic E-state index is 6.09. The maximum atomic E-state index is 6.09. The van der Waals surface area contributed by atoms with Gasteiger partial charge in [0.15, 0.2) is 0 Å². The van der Waals surface area contributed by atoms with Crippen molar-refractivity contribution in [3.05, 3.63) is 34.5 Å². The van der Waals surface area contributed by atoms with Crippen LogP contribution in [-0.2, 0) is 7.05 Å². The molecule has 0 saturated carbocycles. The van der Waals surface area contributed by atoms with Crippen LogP contribution in [0, 0.1) is 27.7 Å². The van der Waals surface area contributed by atoms with Gasteiger partial charge in [-0.25, -0.2) is 0 Å². The van der Waals surface area contributed by atoms with Crippen molar-refractivity contribution in [1.29, 1.82) is 0 Å². The predicted octanol–water partition coefficient (Wildman–Crippen LogP) is 2.90. The maximum Gasteiger partial charge on any atom is 0.129 e. The highest BCUT2D eigenvalue weighted by Crippen LogP contribution is 2.32. The van der Waals surface area contributed by atoms with Crippen LogP contribution in [0.25, 0.3) is 11.1 Å². The lowest BCUT2D eigenvalue weighted by Crippen LogP contribution is -1.98. The zero-order chi connectivity index (χ0) is 12.7. The Morgan fingerprint density at radius 3 is 2.12 bits per heavy atom. The molecule has 0 radical (unpaired) electrons. The monoisotopic (exact) mass is 229 g/mol. The van der Waals surface area contributed by atoms with E-state index < -0.39 is 0 Å². The van der Waals surface area contributed by atoms with Gasteiger partial charge < -0.3 is 5.73 Å².